The third kappa shape index (κ3) is 4.56. The van der Waals surface area contributed by atoms with Crippen molar-refractivity contribution in [1.29, 1.82) is 0 Å². The van der Waals surface area contributed by atoms with Gasteiger partial charge < -0.3 is 9.64 Å². The first-order chi connectivity index (χ1) is 12.9. The maximum absolute atomic E-state index is 12.7. The lowest BCUT2D eigenvalue weighted by atomic mass is 10.2. The van der Waals surface area contributed by atoms with Crippen LogP contribution in [-0.4, -0.2) is 38.7 Å². The van der Waals surface area contributed by atoms with E-state index in [1.54, 1.807) is 48.5 Å². The van der Waals surface area contributed by atoms with Crippen molar-refractivity contribution in [3.8, 4) is 0 Å². The van der Waals surface area contributed by atoms with Crippen molar-refractivity contribution in [3.05, 3.63) is 76.7 Å². The van der Waals surface area contributed by atoms with Crippen molar-refractivity contribution in [2.45, 2.75) is 6.04 Å². The fourth-order valence-corrected chi connectivity index (χ4v) is 4.21. The number of nitrogens with zero attached hydrogens (tertiary/aromatic N) is 1. The second kappa shape index (κ2) is 7.94. The predicted octanol–water partition coefficient (Wildman–Crippen LogP) is 2.84. The topological polar surface area (TPSA) is 80.8 Å². The lowest BCUT2D eigenvalue weighted by Gasteiger charge is -2.27. The van der Waals surface area contributed by atoms with Gasteiger partial charge in [0, 0.05) is 11.1 Å². The quantitative estimate of drug-likeness (QED) is 0.714. The molecule has 6 nitrogen and oxygen atoms in total. The number of esters is 1. The first kappa shape index (κ1) is 19.1. The zero-order chi connectivity index (χ0) is 19.4. The van der Waals surface area contributed by atoms with Gasteiger partial charge in [-0.2, -0.15) is 0 Å². The summed E-state index contributed by atoms with van der Waals surface area (Å²) < 4.78 is 28.6. The number of benzene rings is 2. The summed E-state index contributed by atoms with van der Waals surface area (Å²) in [5, 5.41) is 1.32. The van der Waals surface area contributed by atoms with Crippen molar-refractivity contribution in [3.63, 3.8) is 0 Å². The summed E-state index contributed by atoms with van der Waals surface area (Å²) in [5.41, 5.74) is 0.671. The van der Waals surface area contributed by atoms with Crippen LogP contribution in [0.3, 0.4) is 0 Å². The summed E-state index contributed by atoms with van der Waals surface area (Å²) in [4.78, 5) is 26.2. The minimum atomic E-state index is -3.36. The zero-order valence-electron chi connectivity index (χ0n) is 14.1. The largest absolute Gasteiger partial charge is 0.452 e. The highest BCUT2D eigenvalue weighted by molar-refractivity contribution is 7.94. The third-order valence-electron chi connectivity index (χ3n) is 3.97. The molecular weight excluding hydrogens is 390 g/mol. The molecule has 0 aromatic heterocycles. The van der Waals surface area contributed by atoms with Crippen LogP contribution in [0.4, 0.5) is 5.69 Å². The molecule has 2 aromatic carbocycles. The van der Waals surface area contributed by atoms with Gasteiger partial charge in [-0.3, -0.25) is 4.79 Å². The minimum Gasteiger partial charge on any atom is -0.452 e. The molecule has 0 aliphatic carbocycles. The average molecular weight is 406 g/mol. The number of rotatable bonds is 5. The molecule has 8 heteroatoms. The SMILES string of the molecule is O=C(OCC(=O)N(c1ccccc1)[C@H]1C=CS(=O)(=O)C1)c1ccccc1Cl. The fourth-order valence-electron chi connectivity index (χ4n) is 2.73. The number of carbonyl (C=O) groups excluding carboxylic acids is 2. The number of ether oxygens (including phenoxy) is 1. The average Bonchev–Trinajstić information content (AvgIpc) is 3.00. The number of anilines is 1. The first-order valence-electron chi connectivity index (χ1n) is 8.07. The van der Waals surface area contributed by atoms with E-state index in [2.05, 4.69) is 0 Å². The molecule has 27 heavy (non-hydrogen) atoms. The molecule has 0 radical (unpaired) electrons. The van der Waals surface area contributed by atoms with E-state index in [0.29, 0.717) is 5.69 Å². The summed E-state index contributed by atoms with van der Waals surface area (Å²) >= 11 is 5.96. The summed E-state index contributed by atoms with van der Waals surface area (Å²) in [5.74, 6) is -1.48. The normalized spacial score (nSPS) is 17.4. The summed E-state index contributed by atoms with van der Waals surface area (Å²) in [6.07, 6.45) is 1.45. The van der Waals surface area contributed by atoms with Gasteiger partial charge in [0.05, 0.1) is 22.4 Å². The smallest absolute Gasteiger partial charge is 0.340 e. The molecule has 2 aromatic rings. The van der Waals surface area contributed by atoms with E-state index < -0.39 is 34.4 Å². The minimum absolute atomic E-state index is 0.154. The molecule has 0 saturated heterocycles. The number of hydrogen-bond acceptors (Lipinski definition) is 5. The Labute approximate surface area is 161 Å². The van der Waals surface area contributed by atoms with Crippen molar-refractivity contribution >= 4 is 39.0 Å². The molecule has 0 spiro atoms. The van der Waals surface area contributed by atoms with E-state index in [1.807, 2.05) is 0 Å². The van der Waals surface area contributed by atoms with Gasteiger partial charge in [0.25, 0.3) is 5.91 Å². The van der Waals surface area contributed by atoms with Crippen molar-refractivity contribution in [2.75, 3.05) is 17.3 Å². The van der Waals surface area contributed by atoms with E-state index in [4.69, 9.17) is 16.3 Å². The Hall–Kier alpha value is -2.64. The highest BCUT2D eigenvalue weighted by Gasteiger charge is 2.31. The lowest BCUT2D eigenvalue weighted by molar-refractivity contribution is -0.121. The van der Waals surface area contributed by atoms with E-state index in [-0.39, 0.29) is 16.3 Å². The molecule has 0 bridgehead atoms. The van der Waals surface area contributed by atoms with Crippen LogP contribution < -0.4 is 4.90 Å². The Kier molecular flexibility index (Phi) is 5.62. The molecule has 1 heterocycles. The third-order valence-corrected chi connectivity index (χ3v) is 5.67. The van der Waals surface area contributed by atoms with E-state index in [0.717, 1.165) is 5.41 Å². The van der Waals surface area contributed by atoms with Crippen LogP contribution in [0.15, 0.2) is 66.1 Å². The maximum Gasteiger partial charge on any atom is 0.340 e. The van der Waals surface area contributed by atoms with Gasteiger partial charge in [0.2, 0.25) is 0 Å². The summed E-state index contributed by atoms with van der Waals surface area (Å²) in [7, 11) is -3.36. The van der Waals surface area contributed by atoms with E-state index in [1.165, 1.54) is 17.0 Å². The molecule has 1 amide bonds. The van der Waals surface area contributed by atoms with Crippen molar-refractivity contribution in [1.82, 2.24) is 0 Å². The van der Waals surface area contributed by atoms with Crippen LogP contribution in [-0.2, 0) is 19.4 Å². The summed E-state index contributed by atoms with van der Waals surface area (Å²) in [6, 6.07) is 14.3. The van der Waals surface area contributed by atoms with Gasteiger partial charge in [-0.15, -0.1) is 0 Å². The van der Waals surface area contributed by atoms with E-state index in [9.17, 15) is 18.0 Å². The second-order valence-corrected chi connectivity index (χ2v) is 8.22. The Balaban J connectivity index is 1.77. The zero-order valence-corrected chi connectivity index (χ0v) is 15.7. The van der Waals surface area contributed by atoms with Crippen molar-refractivity contribution in [2.24, 2.45) is 0 Å². The molecule has 0 saturated carbocycles. The number of amides is 1. The molecule has 1 aliphatic heterocycles. The lowest BCUT2D eigenvalue weighted by Crippen LogP contribution is -2.43. The first-order valence-corrected chi connectivity index (χ1v) is 10.2. The van der Waals surface area contributed by atoms with Crippen LogP contribution in [0.2, 0.25) is 5.02 Å². The number of carbonyl (C=O) groups is 2. The summed E-state index contributed by atoms with van der Waals surface area (Å²) in [6.45, 7) is -0.538. The monoisotopic (exact) mass is 405 g/mol. The second-order valence-electron chi connectivity index (χ2n) is 5.88. The molecular formula is C19H16ClNO5S. The molecule has 1 atom stereocenters. The van der Waals surface area contributed by atoms with Crippen LogP contribution >= 0.6 is 11.6 Å². The Morgan fingerprint density at radius 2 is 1.74 bits per heavy atom. The van der Waals surface area contributed by atoms with Crippen LogP contribution in [0.5, 0.6) is 0 Å². The van der Waals surface area contributed by atoms with Gasteiger partial charge in [0.1, 0.15) is 0 Å². The maximum atomic E-state index is 12.7. The standard InChI is InChI=1S/C19H16ClNO5S/c20-17-9-5-4-8-16(17)19(23)26-12-18(22)21(14-6-2-1-3-7-14)15-10-11-27(24,25)13-15/h1-11,15H,12-13H2/t15-/m0/s1. The Morgan fingerprint density at radius 1 is 1.07 bits per heavy atom. The highest BCUT2D eigenvalue weighted by atomic mass is 35.5. The molecule has 3 rings (SSSR count). The van der Waals surface area contributed by atoms with Crippen LogP contribution in [0.1, 0.15) is 10.4 Å². The van der Waals surface area contributed by atoms with Crippen LogP contribution in [0.25, 0.3) is 0 Å². The number of para-hydroxylation sites is 1. The molecule has 1 aliphatic rings. The van der Waals surface area contributed by atoms with Gasteiger partial charge in [0.15, 0.2) is 16.4 Å². The van der Waals surface area contributed by atoms with Crippen LogP contribution in [0, 0.1) is 0 Å². The van der Waals surface area contributed by atoms with E-state index >= 15 is 0 Å². The molecule has 140 valence electrons. The number of halogens is 1. The predicted molar refractivity (Wildman–Crippen MR) is 102 cm³/mol. The highest BCUT2D eigenvalue weighted by Crippen LogP contribution is 2.23. The fraction of sp³-hybridized carbons (Fsp3) is 0.158. The van der Waals surface area contributed by atoms with Gasteiger partial charge >= 0.3 is 5.97 Å². The number of hydrogen-bond donors (Lipinski definition) is 0. The van der Waals surface area contributed by atoms with Gasteiger partial charge in [-0.05, 0) is 30.3 Å². The number of sulfone groups is 1. The van der Waals surface area contributed by atoms with Crippen molar-refractivity contribution < 1.29 is 22.7 Å². The van der Waals surface area contributed by atoms with Gasteiger partial charge in [-0.1, -0.05) is 41.9 Å². The van der Waals surface area contributed by atoms with Gasteiger partial charge in [-0.25, -0.2) is 13.2 Å². The Morgan fingerprint density at radius 3 is 2.37 bits per heavy atom. The molecule has 0 N–H and O–H groups in total. The molecule has 0 unspecified atom stereocenters. The Bertz CT molecular complexity index is 988. The molecule has 0 fully saturated rings.